The van der Waals surface area contributed by atoms with Gasteiger partial charge in [0.15, 0.2) is 0 Å². The summed E-state index contributed by atoms with van der Waals surface area (Å²) in [6.45, 7) is 5.11. The highest BCUT2D eigenvalue weighted by Gasteiger charge is 2.29. The van der Waals surface area contributed by atoms with Crippen molar-refractivity contribution in [2.24, 2.45) is 5.92 Å². The van der Waals surface area contributed by atoms with E-state index in [4.69, 9.17) is 16.3 Å². The van der Waals surface area contributed by atoms with E-state index < -0.39 is 0 Å². The first-order valence-corrected chi connectivity index (χ1v) is 12.0. The summed E-state index contributed by atoms with van der Waals surface area (Å²) in [5.41, 5.74) is 3.00. The van der Waals surface area contributed by atoms with Gasteiger partial charge in [0.25, 0.3) is 5.56 Å². The average Bonchev–Trinajstić information content (AvgIpc) is 2.84. The normalized spacial score (nSPS) is 16.2. The summed E-state index contributed by atoms with van der Waals surface area (Å²) in [6, 6.07) is 15.4. The lowest BCUT2D eigenvalue weighted by molar-refractivity contribution is -0.125. The number of anilines is 1. The summed E-state index contributed by atoms with van der Waals surface area (Å²) >= 11 is 6.33. The van der Waals surface area contributed by atoms with Gasteiger partial charge in [-0.2, -0.15) is 0 Å². The van der Waals surface area contributed by atoms with Crippen molar-refractivity contribution >= 4 is 34.1 Å². The number of rotatable bonds is 8. The molecule has 1 unspecified atom stereocenters. The molecule has 1 saturated heterocycles. The van der Waals surface area contributed by atoms with Crippen LogP contribution >= 0.6 is 11.6 Å². The lowest BCUT2D eigenvalue weighted by Gasteiger charge is -2.34. The average molecular weight is 468 g/mol. The SMILES string of the molecule is CCOCCCNC(=O)C1CCCN(c2c(-c3ccccc3)c3cc(Cl)ccc3[nH]c2=O)C1. The summed E-state index contributed by atoms with van der Waals surface area (Å²) in [7, 11) is 0. The molecule has 174 valence electrons. The zero-order valence-electron chi connectivity index (χ0n) is 18.9. The van der Waals surface area contributed by atoms with E-state index >= 15 is 0 Å². The predicted molar refractivity (Wildman–Crippen MR) is 134 cm³/mol. The van der Waals surface area contributed by atoms with Gasteiger partial charge in [0.05, 0.1) is 5.92 Å². The van der Waals surface area contributed by atoms with Gasteiger partial charge in [-0.1, -0.05) is 41.9 Å². The highest BCUT2D eigenvalue weighted by Crippen LogP contribution is 2.37. The summed E-state index contributed by atoms with van der Waals surface area (Å²) in [6.07, 6.45) is 2.45. The lowest BCUT2D eigenvalue weighted by atomic mass is 9.94. The Morgan fingerprint density at radius 1 is 1.24 bits per heavy atom. The van der Waals surface area contributed by atoms with Crippen LogP contribution in [-0.4, -0.2) is 43.7 Å². The molecule has 2 aromatic carbocycles. The number of aromatic amines is 1. The third-order valence-corrected chi connectivity index (χ3v) is 6.33. The Balaban J connectivity index is 1.65. The Morgan fingerprint density at radius 3 is 2.85 bits per heavy atom. The highest BCUT2D eigenvalue weighted by molar-refractivity contribution is 6.31. The molecule has 7 heteroatoms. The van der Waals surface area contributed by atoms with Crippen LogP contribution in [0, 0.1) is 5.92 Å². The minimum absolute atomic E-state index is 0.0396. The first-order valence-electron chi connectivity index (χ1n) is 11.6. The van der Waals surface area contributed by atoms with Gasteiger partial charge in [-0.15, -0.1) is 0 Å². The number of nitrogens with zero attached hydrogens (tertiary/aromatic N) is 1. The molecule has 1 aromatic heterocycles. The Morgan fingerprint density at radius 2 is 2.06 bits per heavy atom. The van der Waals surface area contributed by atoms with E-state index in [1.807, 2.05) is 49.4 Å². The lowest BCUT2D eigenvalue weighted by Crippen LogP contribution is -2.45. The Bertz CT molecular complexity index is 1160. The number of carbonyl (C=O) groups excluding carboxylic acids is 1. The van der Waals surface area contributed by atoms with Crippen LogP contribution in [0.15, 0.2) is 53.3 Å². The number of hydrogen-bond donors (Lipinski definition) is 2. The van der Waals surface area contributed by atoms with E-state index in [0.29, 0.717) is 37.0 Å². The maximum Gasteiger partial charge on any atom is 0.272 e. The number of ether oxygens (including phenoxy) is 1. The van der Waals surface area contributed by atoms with Crippen molar-refractivity contribution in [3.63, 3.8) is 0 Å². The third-order valence-electron chi connectivity index (χ3n) is 6.09. The number of hydrogen-bond acceptors (Lipinski definition) is 4. The van der Waals surface area contributed by atoms with Gasteiger partial charge in [-0.3, -0.25) is 9.59 Å². The molecule has 0 radical (unpaired) electrons. The zero-order chi connectivity index (χ0) is 23.2. The molecule has 33 heavy (non-hydrogen) atoms. The minimum Gasteiger partial charge on any atom is -0.382 e. The van der Waals surface area contributed by atoms with E-state index in [1.54, 1.807) is 6.07 Å². The van der Waals surface area contributed by atoms with Crippen molar-refractivity contribution in [1.82, 2.24) is 10.3 Å². The van der Waals surface area contributed by atoms with Crippen LogP contribution in [0.4, 0.5) is 5.69 Å². The monoisotopic (exact) mass is 467 g/mol. The maximum absolute atomic E-state index is 13.3. The molecule has 2 heterocycles. The number of benzene rings is 2. The molecular weight excluding hydrogens is 438 g/mol. The summed E-state index contributed by atoms with van der Waals surface area (Å²) in [4.78, 5) is 31.2. The standard InChI is InChI=1S/C26H30ClN3O3/c1-2-33-15-7-13-28-25(31)19-10-6-14-30(17-19)24-23(18-8-4-3-5-9-18)21-16-20(27)11-12-22(21)29-26(24)32/h3-5,8-9,11-12,16,19H,2,6-7,10,13-15,17H2,1H3,(H,28,31)(H,29,32). The largest absolute Gasteiger partial charge is 0.382 e. The van der Waals surface area contributed by atoms with Crippen LogP contribution in [-0.2, 0) is 9.53 Å². The molecule has 1 atom stereocenters. The van der Waals surface area contributed by atoms with Crippen LogP contribution in [0.5, 0.6) is 0 Å². The van der Waals surface area contributed by atoms with E-state index in [9.17, 15) is 9.59 Å². The van der Waals surface area contributed by atoms with Crippen LogP contribution < -0.4 is 15.8 Å². The van der Waals surface area contributed by atoms with Gasteiger partial charge in [0.2, 0.25) is 5.91 Å². The van der Waals surface area contributed by atoms with Crippen molar-refractivity contribution in [3.05, 3.63) is 63.9 Å². The Hall–Kier alpha value is -2.83. The molecule has 1 amide bonds. The van der Waals surface area contributed by atoms with E-state index in [-0.39, 0.29) is 17.4 Å². The van der Waals surface area contributed by atoms with Crippen molar-refractivity contribution in [1.29, 1.82) is 0 Å². The van der Waals surface area contributed by atoms with Crippen molar-refractivity contribution < 1.29 is 9.53 Å². The van der Waals surface area contributed by atoms with Crippen molar-refractivity contribution in [2.75, 3.05) is 37.7 Å². The fourth-order valence-electron chi connectivity index (χ4n) is 4.52. The number of pyridine rings is 1. The van der Waals surface area contributed by atoms with Gasteiger partial charge >= 0.3 is 0 Å². The van der Waals surface area contributed by atoms with Crippen molar-refractivity contribution in [2.45, 2.75) is 26.2 Å². The molecular formula is C26H30ClN3O3. The van der Waals surface area contributed by atoms with E-state index in [2.05, 4.69) is 15.2 Å². The van der Waals surface area contributed by atoms with Gasteiger partial charge in [-0.25, -0.2) is 0 Å². The first kappa shape index (κ1) is 23.3. The fraction of sp³-hybridized carbons (Fsp3) is 0.385. The molecule has 4 rings (SSSR count). The number of amides is 1. The van der Waals surface area contributed by atoms with Crippen molar-refractivity contribution in [3.8, 4) is 11.1 Å². The van der Waals surface area contributed by atoms with Crippen LogP contribution in [0.2, 0.25) is 5.02 Å². The third kappa shape index (κ3) is 5.40. The molecule has 0 spiro atoms. The second kappa shape index (κ2) is 10.9. The molecule has 1 aliphatic rings. The topological polar surface area (TPSA) is 74.4 Å². The Labute approximate surface area is 198 Å². The van der Waals surface area contributed by atoms with E-state index in [0.717, 1.165) is 47.8 Å². The highest BCUT2D eigenvalue weighted by atomic mass is 35.5. The van der Waals surface area contributed by atoms with Crippen LogP contribution in [0.25, 0.3) is 22.0 Å². The van der Waals surface area contributed by atoms with Crippen LogP contribution in [0.3, 0.4) is 0 Å². The molecule has 0 saturated carbocycles. The second-order valence-electron chi connectivity index (χ2n) is 8.36. The number of fused-ring (bicyclic) bond motifs is 1. The van der Waals surface area contributed by atoms with Gasteiger partial charge in [0, 0.05) is 54.3 Å². The number of carbonyl (C=O) groups is 1. The quantitative estimate of drug-likeness (QED) is 0.474. The molecule has 0 aliphatic carbocycles. The molecule has 0 bridgehead atoms. The molecule has 6 nitrogen and oxygen atoms in total. The molecule has 2 N–H and O–H groups in total. The van der Waals surface area contributed by atoms with Gasteiger partial charge in [0.1, 0.15) is 5.69 Å². The number of nitrogens with one attached hydrogen (secondary N) is 2. The van der Waals surface area contributed by atoms with Gasteiger partial charge in [-0.05, 0) is 49.9 Å². The second-order valence-corrected chi connectivity index (χ2v) is 8.80. The Kier molecular flexibility index (Phi) is 7.68. The summed E-state index contributed by atoms with van der Waals surface area (Å²) in [5, 5.41) is 4.54. The minimum atomic E-state index is -0.163. The molecule has 3 aromatic rings. The molecule has 1 aliphatic heterocycles. The maximum atomic E-state index is 13.3. The first-order chi connectivity index (χ1) is 16.1. The number of aromatic nitrogens is 1. The number of halogens is 1. The van der Waals surface area contributed by atoms with Gasteiger partial charge < -0.3 is 19.9 Å². The smallest absolute Gasteiger partial charge is 0.272 e. The molecule has 1 fully saturated rings. The van der Waals surface area contributed by atoms with Crippen LogP contribution in [0.1, 0.15) is 26.2 Å². The predicted octanol–water partition coefficient (Wildman–Crippen LogP) is 4.61. The fourth-order valence-corrected chi connectivity index (χ4v) is 4.69. The zero-order valence-corrected chi connectivity index (χ0v) is 19.7. The number of piperidine rings is 1. The summed E-state index contributed by atoms with van der Waals surface area (Å²) in [5.74, 6) is -0.123. The summed E-state index contributed by atoms with van der Waals surface area (Å²) < 4.78 is 5.34. The number of H-pyrrole nitrogens is 1. The van der Waals surface area contributed by atoms with E-state index in [1.165, 1.54) is 0 Å².